The quantitative estimate of drug-likeness (QED) is 0.616. The second kappa shape index (κ2) is 3.63. The Balaban J connectivity index is 1.56. The van der Waals surface area contributed by atoms with Gasteiger partial charge in [0.2, 0.25) is 0 Å². The van der Waals surface area contributed by atoms with E-state index in [1.165, 1.54) is 6.07 Å². The summed E-state index contributed by atoms with van der Waals surface area (Å²) in [6, 6.07) is 7.49. The normalized spacial score (nSPS) is 41.0. The van der Waals surface area contributed by atoms with Crippen LogP contribution in [0.1, 0.15) is 6.42 Å². The molecule has 2 fully saturated rings. The Morgan fingerprint density at radius 2 is 1.86 bits per heavy atom. The van der Waals surface area contributed by atoms with Crippen molar-refractivity contribution in [3.63, 3.8) is 0 Å². The summed E-state index contributed by atoms with van der Waals surface area (Å²) < 4.78 is 0. The van der Waals surface area contributed by atoms with Gasteiger partial charge in [-0.1, -0.05) is 17.4 Å². The van der Waals surface area contributed by atoms with Crippen LogP contribution in [-0.2, 0) is 0 Å². The maximum Gasteiger partial charge on any atom is 0.294 e. The molecule has 0 saturated heterocycles. The molecule has 106 valence electrons. The van der Waals surface area contributed by atoms with Crippen LogP contribution in [0.25, 0.3) is 0 Å². The molecule has 1 aromatic carbocycles. The maximum absolute atomic E-state index is 11.2. The van der Waals surface area contributed by atoms with E-state index in [9.17, 15) is 10.1 Å². The Kier molecular flexibility index (Phi) is 1.95. The third kappa shape index (κ3) is 1.25. The number of fused-ring (bicyclic) bond motifs is 8. The first-order valence-corrected chi connectivity index (χ1v) is 7.09. The summed E-state index contributed by atoms with van der Waals surface area (Å²) in [6.07, 6.45) is 1.05. The maximum atomic E-state index is 11.2. The van der Waals surface area contributed by atoms with Gasteiger partial charge in [-0.2, -0.15) is 15.3 Å². The highest BCUT2D eigenvalue weighted by atomic mass is 16.6. The van der Waals surface area contributed by atoms with Crippen LogP contribution in [0.3, 0.4) is 0 Å². The molecular formula is C13H12N6O2. The van der Waals surface area contributed by atoms with Crippen LogP contribution < -0.4 is 5.01 Å². The number of hydrogen-bond acceptors (Lipinski definition) is 7. The average Bonchev–Trinajstić information content (AvgIpc) is 3.06. The lowest BCUT2D eigenvalue weighted by Gasteiger charge is -2.38. The van der Waals surface area contributed by atoms with Gasteiger partial charge >= 0.3 is 0 Å². The van der Waals surface area contributed by atoms with Crippen molar-refractivity contribution in [1.82, 2.24) is 0 Å². The summed E-state index contributed by atoms with van der Waals surface area (Å²) in [5.41, 5.74) is 0.603. The molecule has 0 amide bonds. The van der Waals surface area contributed by atoms with Crippen molar-refractivity contribution in [3.8, 4) is 0 Å². The van der Waals surface area contributed by atoms with E-state index in [2.05, 4.69) is 20.6 Å². The number of rotatable bonds is 2. The second-order valence-electron chi connectivity index (χ2n) is 6.05. The average molecular weight is 284 g/mol. The molecule has 2 aliphatic heterocycles. The van der Waals surface area contributed by atoms with Crippen molar-refractivity contribution in [1.29, 1.82) is 0 Å². The topological polar surface area (TPSA) is 95.8 Å². The molecular weight excluding hydrogens is 272 g/mol. The molecule has 21 heavy (non-hydrogen) atoms. The molecule has 0 aromatic heterocycles. The van der Waals surface area contributed by atoms with E-state index < -0.39 is 0 Å². The Hall–Kier alpha value is -2.38. The lowest BCUT2D eigenvalue weighted by molar-refractivity contribution is -0.384. The molecule has 1 aromatic rings. The zero-order valence-corrected chi connectivity index (χ0v) is 11.0. The van der Waals surface area contributed by atoms with Crippen molar-refractivity contribution in [2.45, 2.75) is 30.6 Å². The standard InChI is InChI=1S/C13H12N6O2/c20-19(21)9-4-2-1-3-8(9)18-13-7-5-6(12(13)16-17-18)10-11(7)15-14-10/h1-4,6-7,10-13H,5H2/t6-,7+,10+,11-,12-,13+/m0/s1. The Morgan fingerprint density at radius 3 is 2.62 bits per heavy atom. The van der Waals surface area contributed by atoms with E-state index in [1.807, 2.05) is 0 Å². The van der Waals surface area contributed by atoms with Gasteiger partial charge in [-0.3, -0.25) is 10.1 Å². The molecule has 2 bridgehead atoms. The van der Waals surface area contributed by atoms with Crippen LogP contribution >= 0.6 is 0 Å². The molecule has 8 heteroatoms. The molecule has 6 atom stereocenters. The molecule has 2 heterocycles. The van der Waals surface area contributed by atoms with E-state index in [0.29, 0.717) is 23.6 Å². The Bertz CT molecular complexity index is 704. The van der Waals surface area contributed by atoms with E-state index in [0.717, 1.165) is 6.42 Å². The minimum atomic E-state index is -0.364. The molecule has 0 spiro atoms. The fourth-order valence-electron chi connectivity index (χ4n) is 4.36. The number of nitro groups is 1. The van der Waals surface area contributed by atoms with E-state index >= 15 is 0 Å². The fourth-order valence-corrected chi connectivity index (χ4v) is 4.36. The van der Waals surface area contributed by atoms with Gasteiger partial charge in [0.15, 0.2) is 0 Å². The molecule has 8 nitrogen and oxygen atoms in total. The van der Waals surface area contributed by atoms with Gasteiger partial charge in [0.1, 0.15) is 23.8 Å². The Morgan fingerprint density at radius 1 is 1.10 bits per heavy atom. The van der Waals surface area contributed by atoms with Gasteiger partial charge in [-0.25, -0.2) is 5.01 Å². The van der Waals surface area contributed by atoms with Crippen LogP contribution in [0.15, 0.2) is 44.8 Å². The van der Waals surface area contributed by atoms with Crippen LogP contribution in [0, 0.1) is 22.0 Å². The summed E-state index contributed by atoms with van der Waals surface area (Å²) in [5.74, 6) is 0.760. The summed E-state index contributed by atoms with van der Waals surface area (Å²) >= 11 is 0. The van der Waals surface area contributed by atoms with Gasteiger partial charge in [-0.05, 0) is 12.5 Å². The zero-order chi connectivity index (χ0) is 14.1. The van der Waals surface area contributed by atoms with Crippen LogP contribution in [-0.4, -0.2) is 29.1 Å². The first-order valence-electron chi connectivity index (χ1n) is 7.09. The minimum absolute atomic E-state index is 0.0756. The highest BCUT2D eigenvalue weighted by molar-refractivity contribution is 5.64. The predicted octanol–water partition coefficient (Wildman–Crippen LogP) is 2.37. The largest absolute Gasteiger partial charge is 0.294 e. The second-order valence-corrected chi connectivity index (χ2v) is 6.05. The highest BCUT2D eigenvalue weighted by Crippen LogP contribution is 2.57. The minimum Gasteiger partial charge on any atom is -0.258 e. The summed E-state index contributed by atoms with van der Waals surface area (Å²) in [7, 11) is 0. The number of para-hydroxylation sites is 2. The molecule has 5 rings (SSSR count). The number of anilines is 1. The number of nitrogens with zero attached hydrogens (tertiary/aromatic N) is 6. The number of azo groups is 1. The van der Waals surface area contributed by atoms with Crippen LogP contribution in [0.4, 0.5) is 11.4 Å². The molecule has 4 aliphatic rings. The smallest absolute Gasteiger partial charge is 0.258 e. The Labute approximate surface area is 119 Å². The van der Waals surface area contributed by atoms with Crippen molar-refractivity contribution in [3.05, 3.63) is 34.4 Å². The molecule has 0 radical (unpaired) electrons. The number of hydrogen-bond donors (Lipinski definition) is 0. The van der Waals surface area contributed by atoms with Crippen molar-refractivity contribution in [2.75, 3.05) is 5.01 Å². The first kappa shape index (κ1) is 11.3. The monoisotopic (exact) mass is 284 g/mol. The van der Waals surface area contributed by atoms with Gasteiger partial charge in [0, 0.05) is 17.9 Å². The van der Waals surface area contributed by atoms with Crippen LogP contribution in [0.5, 0.6) is 0 Å². The molecule has 0 unspecified atom stereocenters. The summed E-state index contributed by atoms with van der Waals surface area (Å²) in [6.45, 7) is 0. The van der Waals surface area contributed by atoms with Gasteiger partial charge < -0.3 is 0 Å². The summed E-state index contributed by atoms with van der Waals surface area (Å²) in [5, 5.41) is 30.1. The SMILES string of the molecule is O=[N+]([O-])c1ccccc1N1N=N[C@H]2[C@H]3C[C@H]([C@@H]4N=N[C@H]34)[C@H]21. The zero-order valence-electron chi connectivity index (χ0n) is 11.0. The number of nitro benzene ring substituents is 1. The van der Waals surface area contributed by atoms with Crippen molar-refractivity contribution < 1.29 is 4.92 Å². The van der Waals surface area contributed by atoms with Gasteiger partial charge in [0.25, 0.3) is 5.69 Å². The van der Waals surface area contributed by atoms with Gasteiger partial charge in [0.05, 0.1) is 11.0 Å². The highest BCUT2D eigenvalue weighted by Gasteiger charge is 2.65. The van der Waals surface area contributed by atoms with Crippen molar-refractivity contribution >= 4 is 11.4 Å². The van der Waals surface area contributed by atoms with Crippen LogP contribution in [0.2, 0.25) is 0 Å². The summed E-state index contributed by atoms with van der Waals surface area (Å²) in [4.78, 5) is 10.9. The van der Waals surface area contributed by atoms with Gasteiger partial charge in [-0.15, -0.1) is 0 Å². The third-order valence-corrected chi connectivity index (χ3v) is 5.22. The molecule has 2 saturated carbocycles. The number of benzene rings is 1. The fraction of sp³-hybridized carbons (Fsp3) is 0.538. The predicted molar refractivity (Wildman–Crippen MR) is 72.0 cm³/mol. The lowest BCUT2D eigenvalue weighted by atomic mass is 9.82. The van der Waals surface area contributed by atoms with E-state index in [1.54, 1.807) is 23.2 Å². The van der Waals surface area contributed by atoms with Crippen molar-refractivity contribution in [2.24, 2.45) is 32.4 Å². The molecule has 0 N–H and O–H groups in total. The molecule has 2 aliphatic carbocycles. The van der Waals surface area contributed by atoms with E-state index in [4.69, 9.17) is 0 Å². The first-order chi connectivity index (χ1) is 10.3. The third-order valence-electron chi connectivity index (χ3n) is 5.22. The van der Waals surface area contributed by atoms with E-state index in [-0.39, 0.29) is 28.7 Å². The lowest BCUT2D eigenvalue weighted by Crippen LogP contribution is -2.52.